The highest BCUT2D eigenvalue weighted by Gasteiger charge is 2.20. The van der Waals surface area contributed by atoms with Gasteiger partial charge in [0.2, 0.25) is 0 Å². The normalized spacial score (nSPS) is 10.9. The van der Waals surface area contributed by atoms with Gasteiger partial charge < -0.3 is 9.92 Å². The lowest BCUT2D eigenvalue weighted by molar-refractivity contribution is -0.136. The number of rotatable bonds is 4. The van der Waals surface area contributed by atoms with Gasteiger partial charge in [0.1, 0.15) is 17.1 Å². The van der Waals surface area contributed by atoms with Gasteiger partial charge in [-0.15, -0.1) is 0 Å². The molecule has 0 aliphatic heterocycles. The van der Waals surface area contributed by atoms with Crippen LogP contribution in [-0.2, 0) is 23.9 Å². The first-order chi connectivity index (χ1) is 7.81. The van der Waals surface area contributed by atoms with Crippen molar-refractivity contribution in [1.82, 2.24) is 0 Å². The molecule has 0 aliphatic carbocycles. The topological polar surface area (TPSA) is 104 Å². The average molecular weight is 257 g/mol. The summed E-state index contributed by atoms with van der Waals surface area (Å²) in [6.45, 7) is 1.16. The van der Waals surface area contributed by atoms with Crippen molar-refractivity contribution in [3.8, 4) is 0 Å². The molecular weight excluding hydrogens is 246 g/mol. The molecule has 0 bridgehead atoms. The average Bonchev–Trinajstić information content (AvgIpc) is 2.15. The van der Waals surface area contributed by atoms with Crippen LogP contribution in [0, 0.1) is 0 Å². The van der Waals surface area contributed by atoms with Crippen molar-refractivity contribution in [2.75, 3.05) is 5.73 Å². The van der Waals surface area contributed by atoms with Gasteiger partial charge in [0, 0.05) is 5.69 Å². The molecule has 92 valence electrons. The Kier molecular flexibility index (Phi) is 3.84. The maximum Gasteiger partial charge on any atom is 0.341 e. The molecule has 0 radical (unpaired) electrons. The lowest BCUT2D eigenvalue weighted by atomic mass is 10.3. The molecule has 1 aromatic carbocycles. The molecule has 0 saturated carbocycles. The second-order valence-corrected chi connectivity index (χ2v) is 4.90. The van der Waals surface area contributed by atoms with E-state index < -0.39 is 28.3 Å². The van der Waals surface area contributed by atoms with E-state index in [-0.39, 0.29) is 4.90 Å². The van der Waals surface area contributed by atoms with Gasteiger partial charge in [0.25, 0.3) is 0 Å². The minimum Gasteiger partial charge on any atom is -0.399 e. The first-order valence-corrected chi connectivity index (χ1v) is 6.04. The molecule has 0 saturated heterocycles. The molecule has 0 aromatic heterocycles. The summed E-state index contributed by atoms with van der Waals surface area (Å²) in [5.74, 6) is -1.57. The highest BCUT2D eigenvalue weighted by molar-refractivity contribution is 7.87. The lowest BCUT2D eigenvalue weighted by Gasteiger charge is -2.04. The van der Waals surface area contributed by atoms with Crippen molar-refractivity contribution in [2.45, 2.75) is 18.2 Å². The van der Waals surface area contributed by atoms with Gasteiger partial charge in [-0.05, 0) is 31.2 Å². The van der Waals surface area contributed by atoms with E-state index in [1.165, 1.54) is 24.3 Å². The van der Waals surface area contributed by atoms with Crippen LogP contribution in [0.5, 0.6) is 0 Å². The molecule has 0 amide bonds. The molecule has 2 N–H and O–H groups in total. The number of hydrogen-bond donors (Lipinski definition) is 1. The molecule has 6 nitrogen and oxygen atoms in total. The lowest BCUT2D eigenvalue weighted by Crippen LogP contribution is -2.15. The molecule has 0 aliphatic rings. The molecular formula is C10H11NO5S. The zero-order valence-electron chi connectivity index (χ0n) is 9.04. The van der Waals surface area contributed by atoms with E-state index in [2.05, 4.69) is 4.18 Å². The first kappa shape index (κ1) is 13.2. The molecule has 0 unspecified atom stereocenters. The van der Waals surface area contributed by atoms with Gasteiger partial charge >= 0.3 is 16.1 Å². The Bertz CT molecular complexity index is 532. The predicted molar refractivity (Wildman–Crippen MR) is 59.4 cm³/mol. The number of anilines is 1. The Balaban J connectivity index is 2.86. The van der Waals surface area contributed by atoms with E-state index >= 15 is 0 Å². The van der Waals surface area contributed by atoms with E-state index in [9.17, 15) is 18.0 Å². The van der Waals surface area contributed by atoms with Crippen molar-refractivity contribution >= 4 is 27.6 Å². The van der Waals surface area contributed by atoms with E-state index in [1.54, 1.807) is 0 Å². The standard InChI is InChI=1S/C10H11NO5S/c1-7(12)6-10(13)16-17(14,15)9-4-2-8(11)3-5-9/h2-5H,6,11H2,1H3. The number of carbonyl (C=O) groups excluding carboxylic acids is 2. The summed E-state index contributed by atoms with van der Waals surface area (Å²) in [6.07, 6.45) is -0.575. The van der Waals surface area contributed by atoms with Gasteiger partial charge in [-0.25, -0.2) is 0 Å². The Morgan fingerprint density at radius 3 is 2.24 bits per heavy atom. The van der Waals surface area contributed by atoms with Crippen molar-refractivity contribution < 1.29 is 22.2 Å². The summed E-state index contributed by atoms with van der Waals surface area (Å²) in [7, 11) is -4.18. The van der Waals surface area contributed by atoms with Crippen LogP contribution in [0.1, 0.15) is 13.3 Å². The third-order valence-corrected chi connectivity index (χ3v) is 3.02. The zero-order valence-corrected chi connectivity index (χ0v) is 9.86. The number of benzene rings is 1. The second kappa shape index (κ2) is 4.96. The molecule has 1 rings (SSSR count). The second-order valence-electron chi connectivity index (χ2n) is 3.36. The maximum atomic E-state index is 11.5. The van der Waals surface area contributed by atoms with E-state index in [1.807, 2.05) is 0 Å². The molecule has 0 fully saturated rings. The van der Waals surface area contributed by atoms with Crippen molar-refractivity contribution in [3.05, 3.63) is 24.3 Å². The molecule has 0 heterocycles. The van der Waals surface area contributed by atoms with Crippen molar-refractivity contribution in [2.24, 2.45) is 0 Å². The summed E-state index contributed by atoms with van der Waals surface area (Å²) >= 11 is 0. The van der Waals surface area contributed by atoms with Crippen LogP contribution in [0.25, 0.3) is 0 Å². The highest BCUT2D eigenvalue weighted by atomic mass is 32.2. The molecule has 0 spiro atoms. The van der Waals surface area contributed by atoms with Gasteiger partial charge in [0.05, 0.1) is 0 Å². The Morgan fingerprint density at radius 2 is 1.76 bits per heavy atom. The van der Waals surface area contributed by atoms with Crippen LogP contribution in [-0.4, -0.2) is 20.2 Å². The SMILES string of the molecule is CC(=O)CC(=O)OS(=O)(=O)c1ccc(N)cc1. The number of hydrogen-bond acceptors (Lipinski definition) is 6. The van der Waals surface area contributed by atoms with Crippen LogP contribution in [0.3, 0.4) is 0 Å². The summed E-state index contributed by atoms with van der Waals surface area (Å²) in [4.78, 5) is 21.5. The molecule has 7 heteroatoms. The minimum atomic E-state index is -4.18. The van der Waals surface area contributed by atoms with E-state index in [0.29, 0.717) is 5.69 Å². The number of carbonyl (C=O) groups is 2. The van der Waals surface area contributed by atoms with Crippen LogP contribution in [0.15, 0.2) is 29.2 Å². The van der Waals surface area contributed by atoms with Gasteiger partial charge in [-0.2, -0.15) is 8.42 Å². The fraction of sp³-hybridized carbons (Fsp3) is 0.200. The summed E-state index contributed by atoms with van der Waals surface area (Å²) < 4.78 is 27.3. The highest BCUT2D eigenvalue weighted by Crippen LogP contribution is 2.14. The van der Waals surface area contributed by atoms with E-state index in [0.717, 1.165) is 6.92 Å². The van der Waals surface area contributed by atoms with Crippen LogP contribution in [0.2, 0.25) is 0 Å². The molecule has 17 heavy (non-hydrogen) atoms. The smallest absolute Gasteiger partial charge is 0.341 e. The maximum absolute atomic E-state index is 11.5. The van der Waals surface area contributed by atoms with Gasteiger partial charge in [-0.1, -0.05) is 0 Å². The zero-order chi connectivity index (χ0) is 13.1. The Hall–Kier alpha value is -1.89. The van der Waals surface area contributed by atoms with Crippen molar-refractivity contribution in [1.29, 1.82) is 0 Å². The predicted octanol–water partition coefficient (Wildman–Crippen LogP) is 0.480. The van der Waals surface area contributed by atoms with Crippen LogP contribution >= 0.6 is 0 Å². The first-order valence-electron chi connectivity index (χ1n) is 4.63. The summed E-state index contributed by atoms with van der Waals surface area (Å²) in [5.41, 5.74) is 5.78. The van der Waals surface area contributed by atoms with Gasteiger partial charge in [-0.3, -0.25) is 9.59 Å². The Morgan fingerprint density at radius 1 is 1.24 bits per heavy atom. The summed E-state index contributed by atoms with van der Waals surface area (Å²) in [6, 6.07) is 5.16. The molecule has 0 atom stereocenters. The van der Waals surface area contributed by atoms with Crippen LogP contribution < -0.4 is 5.73 Å². The largest absolute Gasteiger partial charge is 0.399 e. The Labute approximate surface area is 98.5 Å². The number of ketones is 1. The van der Waals surface area contributed by atoms with Gasteiger partial charge in [0.15, 0.2) is 0 Å². The van der Waals surface area contributed by atoms with Crippen LogP contribution in [0.4, 0.5) is 5.69 Å². The third-order valence-electron chi connectivity index (χ3n) is 1.76. The number of nitrogen functional groups attached to an aromatic ring is 1. The van der Waals surface area contributed by atoms with E-state index in [4.69, 9.17) is 5.73 Å². The fourth-order valence-electron chi connectivity index (χ4n) is 1.04. The van der Waals surface area contributed by atoms with Crippen molar-refractivity contribution in [3.63, 3.8) is 0 Å². The third kappa shape index (κ3) is 3.87. The summed E-state index contributed by atoms with van der Waals surface area (Å²) in [5, 5.41) is 0. The minimum absolute atomic E-state index is 0.191. The quantitative estimate of drug-likeness (QED) is 0.478. The number of nitrogens with two attached hydrogens (primary N) is 1. The monoisotopic (exact) mass is 257 g/mol. The molecule has 1 aromatic rings. The fourth-order valence-corrected chi connectivity index (χ4v) is 1.91. The number of Topliss-reactive ketones (excluding diaryl/α,β-unsaturated/α-hetero) is 1.